The number of likely N-dealkylation sites (tertiary alicyclic amines) is 5. The molecule has 3 aromatic heterocycles. The van der Waals surface area contributed by atoms with Gasteiger partial charge < -0.3 is 63.4 Å². The summed E-state index contributed by atoms with van der Waals surface area (Å²) in [5.74, 6) is 13.9. The van der Waals surface area contributed by atoms with E-state index in [2.05, 4.69) is 126 Å². The van der Waals surface area contributed by atoms with Gasteiger partial charge in [-0.15, -0.1) is 30.6 Å². The Morgan fingerprint density at radius 3 is 1.15 bits per heavy atom. The maximum absolute atomic E-state index is 11.5. The van der Waals surface area contributed by atoms with Crippen LogP contribution < -0.4 is 44.0 Å². The lowest BCUT2D eigenvalue weighted by Crippen LogP contribution is -2.47. The number of carboxylic acid groups (broad SMARTS) is 2. The Kier molecular flexibility index (Phi) is 73.7. The van der Waals surface area contributed by atoms with Crippen LogP contribution >= 0.6 is 49.5 Å². The van der Waals surface area contributed by atoms with E-state index in [9.17, 15) is 24.0 Å². The Morgan fingerprint density at radius 1 is 0.505 bits per heavy atom. The number of carbonyl (C=O) groups is 6. The van der Waals surface area contributed by atoms with Crippen LogP contribution in [0.2, 0.25) is 20.5 Å². The molecule has 4 amide bonds. The minimum absolute atomic E-state index is 0. The van der Waals surface area contributed by atoms with E-state index >= 15 is 0 Å². The fraction of sp³-hybridized carbons (Fsp3) is 0.815. The van der Waals surface area contributed by atoms with Crippen LogP contribution in [0.4, 0.5) is 0 Å². The molecule has 602 valence electrons. The standard InChI is InChI=1S/C9H15BN3O.C9H17N3O2.C9H15N3O.C9H18N2O.C8H13N3O.C7H15N3O.C7H13NO2.C2H6B.C2H4O2.CH6N2.2CH4.5H3P/c1-7-11-12-9(14-7)8-4-3-5-13(6-8)10-2;1-7(13)10-11-9(14)8-4-3-5-12(2)6-8;1-7-10-11-9(13-7)8-4-3-5-12(2)6-8;1-3-10-9(12)8-5-4-6-11(2)7-8;1-6-10-11-8(12-6)7-3-2-4-9-5-7;1-10-4-2-3-6(5-10)7(11)9-8;1-8-4-2-3-6(5-8)7(9)10;1-3-2;1-2(3)4;1-3-2;;;;;;;/h8H,3-6H2,1-2H3;8H,3-6H2,1-2H3,(H,10,13)(H,11,14);8H,3-6H2,1-2H3;8H,3-7H2,1-2H3,(H,10,12);7,9H,2-5H2,1H3;6H,2-5,8H2,1H3,(H,9,11);6H,2-5H2,1H3,(H,9,10);1-2H3;1H3,(H,3,4);3H,2H2,1H3;2*1H4;5*1H3. The van der Waals surface area contributed by atoms with Crippen LogP contribution in [-0.2, 0) is 28.8 Å². The molecular weight excluding hydrogens is 1410 g/mol. The van der Waals surface area contributed by atoms with Gasteiger partial charge >= 0.3 is 5.97 Å². The molecule has 0 bridgehead atoms. The number of carboxylic acids is 2. The lowest BCUT2D eigenvalue weighted by atomic mass is 9.88. The number of rotatable bonds is 9. The first-order valence-electron chi connectivity index (χ1n) is 34.2. The van der Waals surface area contributed by atoms with Crippen molar-refractivity contribution < 1.29 is 52.2 Å². The Hall–Kier alpha value is -3.88. The molecule has 0 spiro atoms. The van der Waals surface area contributed by atoms with Crippen molar-refractivity contribution in [2.24, 2.45) is 35.4 Å². The van der Waals surface area contributed by atoms with Gasteiger partial charge in [-0.1, -0.05) is 35.3 Å². The molecule has 7 saturated heterocycles. The second kappa shape index (κ2) is 67.5. The molecule has 7 fully saturated rings. The van der Waals surface area contributed by atoms with E-state index in [4.69, 9.17) is 34.1 Å². The molecule has 31 nitrogen and oxygen atoms in total. The molecule has 10 rings (SSSR count). The topological polar surface area (TPSA) is 403 Å². The van der Waals surface area contributed by atoms with Crippen LogP contribution in [-0.4, -0.2) is 261 Å². The number of aliphatic carboxylic acids is 2. The fourth-order valence-electron chi connectivity index (χ4n) is 11.5. The van der Waals surface area contributed by atoms with Gasteiger partial charge in [-0.3, -0.25) is 56.3 Å². The highest BCUT2D eigenvalue weighted by molar-refractivity contribution is 6.92. The lowest BCUT2D eigenvalue weighted by Gasteiger charge is -2.29. The third kappa shape index (κ3) is 52.7. The molecule has 12 N–H and O–H groups in total. The van der Waals surface area contributed by atoms with Crippen LogP contribution in [0.3, 0.4) is 0 Å². The summed E-state index contributed by atoms with van der Waals surface area (Å²) in [6.07, 6.45) is 15.2. The molecule has 3 aromatic rings. The number of nitrogens with zero attached hydrogens (tertiary/aromatic N) is 12. The molecule has 0 aliphatic carbocycles. The van der Waals surface area contributed by atoms with E-state index in [1.165, 1.54) is 39.2 Å². The monoisotopic (exact) mass is 1560 g/mol. The number of nitrogens with one attached hydrogen (secondary N) is 6. The Bertz CT molecular complexity index is 2590. The van der Waals surface area contributed by atoms with E-state index in [1.54, 1.807) is 7.05 Å². The van der Waals surface area contributed by atoms with E-state index in [0.29, 0.717) is 35.4 Å². The summed E-state index contributed by atoms with van der Waals surface area (Å²) >= 11 is 0. The van der Waals surface area contributed by atoms with Crippen molar-refractivity contribution in [1.29, 1.82) is 0 Å². The van der Waals surface area contributed by atoms with Crippen molar-refractivity contribution >= 4 is 99.8 Å². The number of aryl methyl sites for hydroxylation is 3. The molecule has 2 radical (unpaired) electrons. The zero-order valence-corrected chi connectivity index (χ0v) is 71.4. The van der Waals surface area contributed by atoms with Crippen molar-refractivity contribution in [3.05, 3.63) is 35.3 Å². The quantitative estimate of drug-likeness (QED) is 0.0464. The predicted molar refractivity (Wildman–Crippen MR) is 441 cm³/mol. The van der Waals surface area contributed by atoms with Crippen molar-refractivity contribution in [3.63, 3.8) is 0 Å². The Labute approximate surface area is 636 Å². The third-order valence-electron chi connectivity index (χ3n) is 16.2. The van der Waals surface area contributed by atoms with Crippen LogP contribution in [0.5, 0.6) is 0 Å². The van der Waals surface area contributed by atoms with E-state index in [0.717, 1.165) is 180 Å². The van der Waals surface area contributed by atoms with Crippen molar-refractivity contribution in [1.82, 2.24) is 92.2 Å². The number of amides is 4. The van der Waals surface area contributed by atoms with Crippen LogP contribution in [0.1, 0.15) is 179 Å². The number of hydrogen-bond acceptors (Lipinski definition) is 25. The average molecular weight is 1560 g/mol. The molecule has 0 saturated carbocycles. The summed E-state index contributed by atoms with van der Waals surface area (Å²) in [5.41, 5.74) is 9.15. The zero-order chi connectivity index (χ0) is 72.0. The molecule has 7 aliphatic heterocycles. The van der Waals surface area contributed by atoms with Crippen LogP contribution in [0.25, 0.3) is 0 Å². The number of carbonyl (C=O) groups excluding carboxylic acids is 4. The number of likely N-dealkylation sites (N-methyl/N-ethyl adjacent to an activating group) is 1. The summed E-state index contributed by atoms with van der Waals surface area (Å²) < 4.78 is 16.2. The molecule has 10 heterocycles. The summed E-state index contributed by atoms with van der Waals surface area (Å²) in [6, 6.07) is 0. The Balaban J connectivity index is -0.000000202. The maximum atomic E-state index is 11.5. The van der Waals surface area contributed by atoms with Gasteiger partial charge in [0.05, 0.1) is 29.6 Å². The van der Waals surface area contributed by atoms with Gasteiger partial charge in [-0.25, -0.2) is 5.84 Å². The third-order valence-corrected chi connectivity index (χ3v) is 16.2. The second-order valence-electron chi connectivity index (χ2n) is 25.4. The molecule has 103 heavy (non-hydrogen) atoms. The van der Waals surface area contributed by atoms with Gasteiger partial charge in [0, 0.05) is 92.3 Å². The highest BCUT2D eigenvalue weighted by Gasteiger charge is 2.28. The molecule has 7 aliphatic rings. The summed E-state index contributed by atoms with van der Waals surface area (Å²) in [5, 5.41) is 45.9. The maximum Gasteiger partial charge on any atom is 0.307 e. The smallest absolute Gasteiger partial charge is 0.307 e. The molecular formula is C65H145B2N20O11P5. The second-order valence-corrected chi connectivity index (χ2v) is 25.4. The first-order chi connectivity index (χ1) is 45.7. The summed E-state index contributed by atoms with van der Waals surface area (Å²) in [6.45, 7) is 30.8. The normalized spacial score (nSPS) is 21.4. The van der Waals surface area contributed by atoms with Gasteiger partial charge in [0.2, 0.25) is 66.4 Å². The highest BCUT2D eigenvalue weighted by Crippen LogP contribution is 2.27. The number of nitrogens with two attached hydrogens (primary N) is 2. The minimum Gasteiger partial charge on any atom is -0.481 e. The summed E-state index contributed by atoms with van der Waals surface area (Å²) in [4.78, 5) is 77.2. The molecule has 12 atom stereocenters. The van der Waals surface area contributed by atoms with Crippen molar-refractivity contribution in [2.45, 2.75) is 185 Å². The van der Waals surface area contributed by atoms with Gasteiger partial charge in [0.25, 0.3) is 5.97 Å². The van der Waals surface area contributed by atoms with Gasteiger partial charge in [0.1, 0.15) is 7.28 Å². The number of aromatic nitrogens is 6. The van der Waals surface area contributed by atoms with Gasteiger partial charge in [-0.2, -0.15) is 49.5 Å². The fourth-order valence-corrected chi connectivity index (χ4v) is 11.5. The first kappa shape index (κ1) is 112. The minimum atomic E-state index is -0.833. The van der Waals surface area contributed by atoms with E-state index in [1.807, 2.05) is 69.8 Å². The lowest BCUT2D eigenvalue weighted by molar-refractivity contribution is -0.143. The number of piperidine rings is 7. The predicted octanol–water partition coefficient (Wildman–Crippen LogP) is 4.47. The molecule has 0 aromatic carbocycles. The largest absolute Gasteiger partial charge is 0.481 e. The highest BCUT2D eigenvalue weighted by atomic mass is 31.0. The Morgan fingerprint density at radius 2 is 0.835 bits per heavy atom. The van der Waals surface area contributed by atoms with Crippen LogP contribution in [0.15, 0.2) is 13.3 Å². The number of hydrazine groups is 3. The van der Waals surface area contributed by atoms with Gasteiger partial charge in [-0.05, 0) is 191 Å². The molecule has 38 heteroatoms. The SMILES string of the molecule is C.C.CC(=O)NNC(=O)C1CCCN(C)C1.CC(=O)O.CCNC(=O)C1CCCN(C)C1.CN1CCCC(C(=O)NN)C1.CN1CCCC(C(=O)O)C1.CNN.C[B]C.C[B]N1CCCC(c2nnc(C)o2)C1.Cc1nnc(C2CCCN(C)C2)o1.Cc1nnc(C2CCCNC2)o1.P.P.P.P.P. The average Bonchev–Trinajstić information content (AvgIpc) is 1.76. The van der Waals surface area contributed by atoms with E-state index < -0.39 is 11.9 Å². The van der Waals surface area contributed by atoms with E-state index in [-0.39, 0.29) is 112 Å². The number of hydrogen-bond donors (Lipinski definition) is 10. The van der Waals surface area contributed by atoms with Gasteiger partial charge in [0.15, 0.2) is 0 Å². The van der Waals surface area contributed by atoms with Crippen LogP contribution in [0, 0.1) is 44.4 Å². The van der Waals surface area contributed by atoms with Crippen molar-refractivity contribution in [2.75, 3.05) is 140 Å². The first-order valence-corrected chi connectivity index (χ1v) is 34.2. The summed E-state index contributed by atoms with van der Waals surface area (Å²) in [7, 11) is 16.0. The molecule has 12 unspecified atom stereocenters. The zero-order valence-electron chi connectivity index (χ0n) is 64.3. The van der Waals surface area contributed by atoms with Crippen molar-refractivity contribution in [3.8, 4) is 0 Å².